The van der Waals surface area contributed by atoms with Gasteiger partial charge in [-0.2, -0.15) is 11.8 Å². The second-order valence-electron chi connectivity index (χ2n) is 5.18. The fraction of sp³-hybridized carbons (Fsp3) is 0.833. The predicted octanol–water partition coefficient (Wildman–Crippen LogP) is 1.24. The number of aliphatic carboxylic acids is 1. The molecule has 0 bridgehead atoms. The summed E-state index contributed by atoms with van der Waals surface area (Å²) in [6.45, 7) is 3.56. The van der Waals surface area contributed by atoms with Gasteiger partial charge < -0.3 is 15.3 Å². The Morgan fingerprint density at radius 3 is 2.83 bits per heavy atom. The molecule has 3 atom stereocenters. The summed E-state index contributed by atoms with van der Waals surface area (Å²) in [4.78, 5) is 24.5. The number of nitrogens with one attached hydrogen (secondary N) is 1. The van der Waals surface area contributed by atoms with Crippen LogP contribution in [0.15, 0.2) is 0 Å². The second kappa shape index (κ2) is 5.82. The summed E-state index contributed by atoms with van der Waals surface area (Å²) < 4.78 is 0. The number of amides is 2. The van der Waals surface area contributed by atoms with Crippen molar-refractivity contribution in [1.82, 2.24) is 10.2 Å². The van der Waals surface area contributed by atoms with Crippen molar-refractivity contribution < 1.29 is 14.7 Å². The first kappa shape index (κ1) is 13.5. The van der Waals surface area contributed by atoms with Crippen LogP contribution in [0.3, 0.4) is 0 Å². The Morgan fingerprint density at radius 2 is 2.22 bits per heavy atom. The van der Waals surface area contributed by atoms with E-state index in [1.54, 1.807) is 16.7 Å². The molecule has 1 saturated heterocycles. The lowest BCUT2D eigenvalue weighted by Gasteiger charge is -2.34. The highest BCUT2D eigenvalue weighted by Gasteiger charge is 2.34. The van der Waals surface area contributed by atoms with Crippen molar-refractivity contribution in [1.29, 1.82) is 0 Å². The average molecular weight is 272 g/mol. The smallest absolute Gasteiger partial charge is 0.317 e. The number of carbonyl (C=O) groups excluding carboxylic acids is 1. The number of rotatable bonds is 4. The van der Waals surface area contributed by atoms with Gasteiger partial charge in [0.1, 0.15) is 0 Å². The molecule has 2 N–H and O–H groups in total. The monoisotopic (exact) mass is 272 g/mol. The highest BCUT2D eigenvalue weighted by atomic mass is 32.2. The zero-order chi connectivity index (χ0) is 13.1. The maximum atomic E-state index is 12.0. The molecule has 0 radical (unpaired) electrons. The normalized spacial score (nSPS) is 30.9. The first-order chi connectivity index (χ1) is 8.58. The Bertz CT molecular complexity index is 337. The average Bonchev–Trinajstić information content (AvgIpc) is 3.02. The van der Waals surface area contributed by atoms with Crippen molar-refractivity contribution in [2.75, 3.05) is 24.6 Å². The molecule has 3 unspecified atom stereocenters. The Hall–Kier alpha value is -0.910. The minimum Gasteiger partial charge on any atom is -0.481 e. The Balaban J connectivity index is 1.82. The van der Waals surface area contributed by atoms with Crippen LogP contribution in [0.2, 0.25) is 0 Å². The lowest BCUT2D eigenvalue weighted by atomic mass is 10.2. The van der Waals surface area contributed by atoms with Crippen LogP contribution >= 0.6 is 11.8 Å². The molecule has 2 rings (SSSR count). The Kier molecular flexibility index (Phi) is 4.37. The number of hydrogen-bond acceptors (Lipinski definition) is 3. The molecule has 2 amide bonds. The molecule has 5 nitrogen and oxygen atoms in total. The van der Waals surface area contributed by atoms with Gasteiger partial charge in [-0.25, -0.2) is 4.79 Å². The number of urea groups is 1. The van der Waals surface area contributed by atoms with Crippen LogP contribution < -0.4 is 5.32 Å². The van der Waals surface area contributed by atoms with Gasteiger partial charge >= 0.3 is 12.0 Å². The summed E-state index contributed by atoms with van der Waals surface area (Å²) in [5.74, 6) is 2.11. The number of carboxylic acid groups (broad SMARTS) is 1. The molecule has 102 valence electrons. The van der Waals surface area contributed by atoms with E-state index in [9.17, 15) is 9.59 Å². The minimum atomic E-state index is -0.837. The van der Waals surface area contributed by atoms with E-state index >= 15 is 0 Å². The third kappa shape index (κ3) is 3.54. The maximum Gasteiger partial charge on any atom is 0.317 e. The summed E-state index contributed by atoms with van der Waals surface area (Å²) >= 11 is 1.72. The highest BCUT2D eigenvalue weighted by Crippen LogP contribution is 2.36. The van der Waals surface area contributed by atoms with Crippen molar-refractivity contribution in [2.45, 2.75) is 25.8 Å². The third-order valence-corrected chi connectivity index (χ3v) is 4.78. The summed E-state index contributed by atoms with van der Waals surface area (Å²) in [5.41, 5.74) is 0. The van der Waals surface area contributed by atoms with Crippen molar-refractivity contribution in [3.05, 3.63) is 0 Å². The van der Waals surface area contributed by atoms with E-state index in [4.69, 9.17) is 5.11 Å². The van der Waals surface area contributed by atoms with Gasteiger partial charge in [0, 0.05) is 24.6 Å². The van der Waals surface area contributed by atoms with Crippen molar-refractivity contribution in [2.24, 2.45) is 11.8 Å². The number of hydrogen-bond donors (Lipinski definition) is 2. The van der Waals surface area contributed by atoms with Gasteiger partial charge in [-0.3, -0.25) is 4.79 Å². The molecule has 0 aromatic carbocycles. The summed E-state index contributed by atoms with van der Waals surface area (Å²) in [5, 5.41) is 11.8. The summed E-state index contributed by atoms with van der Waals surface area (Å²) in [6.07, 6.45) is 1.23. The topological polar surface area (TPSA) is 69.6 Å². The number of carbonyl (C=O) groups is 2. The van der Waals surface area contributed by atoms with Crippen molar-refractivity contribution in [3.63, 3.8) is 0 Å². The van der Waals surface area contributed by atoms with Gasteiger partial charge in [0.25, 0.3) is 0 Å². The van der Waals surface area contributed by atoms with Crippen LogP contribution in [-0.4, -0.2) is 52.6 Å². The fourth-order valence-electron chi connectivity index (χ4n) is 2.30. The molecule has 2 fully saturated rings. The molecule has 0 spiro atoms. The lowest BCUT2D eigenvalue weighted by Crippen LogP contribution is -2.51. The van der Waals surface area contributed by atoms with Gasteiger partial charge in [-0.15, -0.1) is 0 Å². The van der Waals surface area contributed by atoms with Crippen LogP contribution in [-0.2, 0) is 4.79 Å². The number of nitrogens with zero attached hydrogens (tertiary/aromatic N) is 1. The van der Waals surface area contributed by atoms with Crippen molar-refractivity contribution >= 4 is 23.8 Å². The standard InChI is InChI=1S/C12H20N2O3S/c1-8-4-9(8)6-13-12(17)14-2-3-18-7-10(14)5-11(15)16/h8-10H,2-7H2,1H3,(H,13,17)(H,15,16). The van der Waals surface area contributed by atoms with E-state index in [0.717, 1.165) is 24.0 Å². The van der Waals surface area contributed by atoms with E-state index in [1.165, 1.54) is 6.42 Å². The molecule has 18 heavy (non-hydrogen) atoms. The van der Waals surface area contributed by atoms with Gasteiger partial charge in [0.2, 0.25) is 0 Å². The molecule has 2 aliphatic rings. The number of carboxylic acids is 1. The van der Waals surface area contributed by atoms with Gasteiger partial charge in [0.05, 0.1) is 12.5 Å². The van der Waals surface area contributed by atoms with E-state index in [1.807, 2.05) is 0 Å². The van der Waals surface area contributed by atoms with Crippen LogP contribution in [0.25, 0.3) is 0 Å². The lowest BCUT2D eigenvalue weighted by molar-refractivity contribution is -0.137. The minimum absolute atomic E-state index is 0.0419. The third-order valence-electron chi connectivity index (χ3n) is 3.69. The van der Waals surface area contributed by atoms with Gasteiger partial charge in [0.15, 0.2) is 0 Å². The molecule has 1 saturated carbocycles. The number of thioether (sulfide) groups is 1. The summed E-state index contributed by atoms with van der Waals surface area (Å²) in [6, 6.07) is -0.265. The SMILES string of the molecule is CC1CC1CNC(=O)N1CCSCC1CC(=O)O. The van der Waals surface area contributed by atoms with Gasteiger partial charge in [-0.1, -0.05) is 6.92 Å². The van der Waals surface area contributed by atoms with E-state index in [0.29, 0.717) is 12.5 Å². The first-order valence-electron chi connectivity index (χ1n) is 6.42. The molecule has 6 heteroatoms. The van der Waals surface area contributed by atoms with E-state index in [-0.39, 0.29) is 18.5 Å². The molecular weight excluding hydrogens is 252 g/mol. The second-order valence-corrected chi connectivity index (χ2v) is 6.33. The Labute approximate surface area is 111 Å². The fourth-order valence-corrected chi connectivity index (χ4v) is 3.36. The van der Waals surface area contributed by atoms with Crippen LogP contribution in [0.1, 0.15) is 19.8 Å². The largest absolute Gasteiger partial charge is 0.481 e. The summed E-state index contributed by atoms with van der Waals surface area (Å²) in [7, 11) is 0. The van der Waals surface area contributed by atoms with Crippen LogP contribution in [0.5, 0.6) is 0 Å². The molecule has 1 heterocycles. The van der Waals surface area contributed by atoms with Crippen LogP contribution in [0.4, 0.5) is 4.79 Å². The van der Waals surface area contributed by atoms with E-state index in [2.05, 4.69) is 12.2 Å². The zero-order valence-electron chi connectivity index (χ0n) is 10.6. The van der Waals surface area contributed by atoms with Gasteiger partial charge in [-0.05, 0) is 18.3 Å². The molecule has 0 aromatic rings. The molecule has 0 aromatic heterocycles. The van der Waals surface area contributed by atoms with Crippen LogP contribution in [0, 0.1) is 11.8 Å². The van der Waals surface area contributed by atoms with E-state index < -0.39 is 5.97 Å². The highest BCUT2D eigenvalue weighted by molar-refractivity contribution is 7.99. The quantitative estimate of drug-likeness (QED) is 0.808. The molecular formula is C12H20N2O3S. The van der Waals surface area contributed by atoms with Crippen molar-refractivity contribution in [3.8, 4) is 0 Å². The molecule has 1 aliphatic carbocycles. The predicted molar refractivity (Wildman–Crippen MR) is 70.7 cm³/mol. The first-order valence-corrected chi connectivity index (χ1v) is 7.57. The molecule has 1 aliphatic heterocycles. The Morgan fingerprint density at radius 1 is 1.50 bits per heavy atom. The maximum absolute atomic E-state index is 12.0. The zero-order valence-corrected chi connectivity index (χ0v) is 11.4.